The van der Waals surface area contributed by atoms with Crippen molar-refractivity contribution in [3.05, 3.63) is 12.2 Å². The van der Waals surface area contributed by atoms with Crippen LogP contribution in [0.15, 0.2) is 12.2 Å². The number of hydrogen-bond acceptors (Lipinski definition) is 1. The highest BCUT2D eigenvalue weighted by Gasteiger charge is 2.31. The van der Waals surface area contributed by atoms with Crippen LogP contribution in [0.1, 0.15) is 60.8 Å². The van der Waals surface area contributed by atoms with Gasteiger partial charge >= 0.3 is 0 Å². The third-order valence-corrected chi connectivity index (χ3v) is 5.02. The zero-order valence-corrected chi connectivity index (χ0v) is 14.5. The van der Waals surface area contributed by atoms with E-state index in [0.29, 0.717) is 17.8 Å². The van der Waals surface area contributed by atoms with Crippen LogP contribution in [0.25, 0.3) is 0 Å². The largest absolute Gasteiger partial charge is 0.382 e. The lowest BCUT2D eigenvalue weighted by Gasteiger charge is -2.33. The summed E-state index contributed by atoms with van der Waals surface area (Å²) in [6.45, 7) is 14.8. The summed E-state index contributed by atoms with van der Waals surface area (Å²) in [6.07, 6.45) is 7.96. The fourth-order valence-corrected chi connectivity index (χ4v) is 2.28. The Labute approximate surface area is 125 Å². The Bertz CT molecular complexity index is 248. The van der Waals surface area contributed by atoms with E-state index >= 15 is 0 Å². The first-order chi connectivity index (χ1) is 8.88. The number of halogens is 1. The number of allylic oxidation sites excluding steroid dienone is 2. The monoisotopic (exact) mass is 288 g/mol. The summed E-state index contributed by atoms with van der Waals surface area (Å²) in [7, 11) is 0. The van der Waals surface area contributed by atoms with E-state index in [-0.39, 0.29) is 4.87 Å². The van der Waals surface area contributed by atoms with Crippen molar-refractivity contribution in [2.45, 2.75) is 65.7 Å². The van der Waals surface area contributed by atoms with Crippen LogP contribution in [0.2, 0.25) is 0 Å². The van der Waals surface area contributed by atoms with Crippen LogP contribution >= 0.6 is 11.6 Å². The van der Waals surface area contributed by atoms with Crippen LogP contribution < -0.4 is 0 Å². The highest BCUT2D eigenvalue weighted by molar-refractivity contribution is 6.23. The summed E-state index contributed by atoms with van der Waals surface area (Å²) in [5.41, 5.74) is 0. The van der Waals surface area contributed by atoms with Crippen molar-refractivity contribution >= 4 is 11.6 Å². The number of rotatable bonds is 10. The van der Waals surface area contributed by atoms with Gasteiger partial charge in [-0.3, -0.25) is 0 Å². The average molecular weight is 289 g/mol. The molecule has 0 amide bonds. The molecule has 0 radical (unpaired) electrons. The highest BCUT2D eigenvalue weighted by Crippen LogP contribution is 2.36. The van der Waals surface area contributed by atoms with Crippen molar-refractivity contribution in [3.63, 3.8) is 0 Å². The van der Waals surface area contributed by atoms with Gasteiger partial charge in [-0.25, -0.2) is 0 Å². The third-order valence-electron chi connectivity index (χ3n) is 4.41. The molecule has 0 aliphatic carbocycles. The van der Waals surface area contributed by atoms with Crippen LogP contribution in [0.4, 0.5) is 0 Å². The van der Waals surface area contributed by atoms with E-state index in [2.05, 4.69) is 46.8 Å². The van der Waals surface area contributed by atoms with Crippen molar-refractivity contribution in [2.24, 2.45) is 17.8 Å². The molecule has 0 bridgehead atoms. The van der Waals surface area contributed by atoms with Gasteiger partial charge in [0.1, 0.15) is 0 Å². The molecule has 19 heavy (non-hydrogen) atoms. The van der Waals surface area contributed by atoms with E-state index in [0.717, 1.165) is 26.1 Å². The normalized spacial score (nSPS) is 20.2. The Kier molecular flexibility index (Phi) is 9.82. The molecule has 0 heterocycles. The van der Waals surface area contributed by atoms with Crippen molar-refractivity contribution < 1.29 is 4.74 Å². The molecular weight excluding hydrogens is 256 g/mol. The summed E-state index contributed by atoms with van der Waals surface area (Å²) >= 11 is 6.65. The Morgan fingerprint density at radius 1 is 1.16 bits per heavy atom. The van der Waals surface area contributed by atoms with Crippen LogP contribution in [-0.4, -0.2) is 18.1 Å². The summed E-state index contributed by atoms with van der Waals surface area (Å²) in [6, 6.07) is 0. The van der Waals surface area contributed by atoms with Crippen LogP contribution in [0.3, 0.4) is 0 Å². The zero-order valence-electron chi connectivity index (χ0n) is 13.7. The first-order valence-electron chi connectivity index (χ1n) is 7.83. The Hall–Kier alpha value is -0.0100. The summed E-state index contributed by atoms with van der Waals surface area (Å²) in [4.78, 5) is -0.128. The first-order valence-corrected chi connectivity index (χ1v) is 8.21. The predicted molar refractivity (Wildman–Crippen MR) is 86.9 cm³/mol. The Morgan fingerprint density at radius 2 is 1.79 bits per heavy atom. The molecule has 0 aromatic carbocycles. The second-order valence-corrected chi connectivity index (χ2v) is 6.70. The molecular formula is C17H33ClO. The first kappa shape index (κ1) is 19.0. The molecule has 0 N–H and O–H groups in total. The molecule has 0 saturated carbocycles. The minimum absolute atomic E-state index is 0.128. The van der Waals surface area contributed by atoms with Gasteiger partial charge in [-0.15, -0.1) is 11.6 Å². The summed E-state index contributed by atoms with van der Waals surface area (Å²) in [5, 5.41) is 0. The molecule has 0 saturated heterocycles. The quantitative estimate of drug-likeness (QED) is 0.286. The molecule has 1 nitrogen and oxygen atoms in total. The SMILES string of the molecule is CCOCCC(/C=C\[C@@H](C)CC)C(C)C(C)(Cl)CC. The van der Waals surface area contributed by atoms with Crippen LogP contribution in [0.5, 0.6) is 0 Å². The van der Waals surface area contributed by atoms with Gasteiger partial charge < -0.3 is 4.74 Å². The lowest BCUT2D eigenvalue weighted by atomic mass is 9.79. The van der Waals surface area contributed by atoms with Crippen LogP contribution in [-0.2, 0) is 4.74 Å². The molecule has 0 spiro atoms. The molecule has 0 fully saturated rings. The molecule has 4 atom stereocenters. The van der Waals surface area contributed by atoms with Gasteiger partial charge in [-0.1, -0.05) is 46.3 Å². The Morgan fingerprint density at radius 3 is 2.26 bits per heavy atom. The topological polar surface area (TPSA) is 9.23 Å². The second kappa shape index (κ2) is 9.83. The van der Waals surface area contributed by atoms with Crippen molar-refractivity contribution in [1.82, 2.24) is 0 Å². The fraction of sp³-hybridized carbons (Fsp3) is 0.882. The molecule has 0 rings (SSSR count). The molecule has 0 aromatic heterocycles. The van der Waals surface area contributed by atoms with E-state index in [9.17, 15) is 0 Å². The van der Waals surface area contributed by atoms with E-state index < -0.39 is 0 Å². The number of alkyl halides is 1. The van der Waals surface area contributed by atoms with E-state index in [1.54, 1.807) is 0 Å². The Balaban J connectivity index is 4.69. The van der Waals surface area contributed by atoms with Gasteiger partial charge in [-0.2, -0.15) is 0 Å². The van der Waals surface area contributed by atoms with Crippen LogP contribution in [0, 0.1) is 17.8 Å². The molecule has 114 valence electrons. The molecule has 0 aliphatic heterocycles. The third kappa shape index (κ3) is 7.37. The van der Waals surface area contributed by atoms with Crippen molar-refractivity contribution in [1.29, 1.82) is 0 Å². The molecule has 3 unspecified atom stereocenters. The number of hydrogen-bond donors (Lipinski definition) is 0. The van der Waals surface area contributed by atoms with E-state index in [4.69, 9.17) is 16.3 Å². The van der Waals surface area contributed by atoms with Gasteiger partial charge in [-0.05, 0) is 44.4 Å². The van der Waals surface area contributed by atoms with Crippen molar-refractivity contribution in [2.75, 3.05) is 13.2 Å². The predicted octanol–water partition coefficient (Wildman–Crippen LogP) is 5.68. The minimum atomic E-state index is -0.128. The lowest BCUT2D eigenvalue weighted by molar-refractivity contribution is 0.126. The van der Waals surface area contributed by atoms with E-state index in [1.165, 1.54) is 6.42 Å². The zero-order chi connectivity index (χ0) is 14.9. The van der Waals surface area contributed by atoms with Gasteiger partial charge in [0.2, 0.25) is 0 Å². The molecule has 2 heteroatoms. The maximum Gasteiger partial charge on any atom is 0.0471 e. The standard InChI is InChI=1S/C17H33ClO/c1-7-14(4)10-11-16(12-13-19-9-3)15(5)17(6,18)8-2/h10-11,14-16H,7-9,12-13H2,1-6H3/b11-10-/t14-,15?,16?,17?/m0/s1. The highest BCUT2D eigenvalue weighted by atomic mass is 35.5. The van der Waals surface area contributed by atoms with Gasteiger partial charge in [0.15, 0.2) is 0 Å². The average Bonchev–Trinajstić information content (AvgIpc) is 2.41. The lowest BCUT2D eigenvalue weighted by Crippen LogP contribution is -2.31. The maximum absolute atomic E-state index is 6.65. The summed E-state index contributed by atoms with van der Waals surface area (Å²) < 4.78 is 5.52. The van der Waals surface area contributed by atoms with Gasteiger partial charge in [0.25, 0.3) is 0 Å². The fourth-order valence-electron chi connectivity index (χ4n) is 2.11. The van der Waals surface area contributed by atoms with E-state index in [1.807, 2.05) is 6.92 Å². The smallest absolute Gasteiger partial charge is 0.0471 e. The summed E-state index contributed by atoms with van der Waals surface area (Å²) in [5.74, 6) is 1.60. The molecule has 0 aliphatic rings. The molecule has 0 aromatic rings. The van der Waals surface area contributed by atoms with Gasteiger partial charge in [0.05, 0.1) is 0 Å². The minimum Gasteiger partial charge on any atom is -0.382 e. The number of ether oxygens (including phenoxy) is 1. The van der Waals surface area contributed by atoms with Gasteiger partial charge in [0, 0.05) is 18.1 Å². The van der Waals surface area contributed by atoms with Crippen molar-refractivity contribution in [3.8, 4) is 0 Å². The second-order valence-electron chi connectivity index (χ2n) is 5.84. The maximum atomic E-state index is 6.65.